The molecule has 34 heavy (non-hydrogen) atoms. The molecule has 1 aliphatic carbocycles. The molecule has 1 amide bonds. The van der Waals surface area contributed by atoms with Gasteiger partial charge in [-0.15, -0.1) is 0 Å². The smallest absolute Gasteiger partial charge is 0.222 e. The molecule has 1 atom stereocenters. The van der Waals surface area contributed by atoms with Gasteiger partial charge in [0.15, 0.2) is 0 Å². The van der Waals surface area contributed by atoms with Crippen molar-refractivity contribution >= 4 is 24.5 Å². The summed E-state index contributed by atoms with van der Waals surface area (Å²) in [5.41, 5.74) is 1.65. The lowest BCUT2D eigenvalue weighted by Gasteiger charge is -2.32. The first-order chi connectivity index (χ1) is 16.2. The van der Waals surface area contributed by atoms with Crippen LogP contribution in [0.3, 0.4) is 0 Å². The highest BCUT2D eigenvalue weighted by Gasteiger charge is 2.39. The zero-order chi connectivity index (χ0) is 24.5. The van der Waals surface area contributed by atoms with Crippen molar-refractivity contribution in [2.75, 3.05) is 20.3 Å². The average Bonchev–Trinajstić information content (AvgIpc) is 3.36. The Morgan fingerprint density at radius 2 is 2.18 bits per heavy atom. The van der Waals surface area contributed by atoms with E-state index in [9.17, 15) is 9.90 Å². The van der Waals surface area contributed by atoms with Crippen LogP contribution >= 0.6 is 0 Å². The molecular weight excluding hydrogens is 436 g/mol. The lowest BCUT2D eigenvalue weighted by atomic mass is 9.92. The van der Waals surface area contributed by atoms with Gasteiger partial charge in [-0.3, -0.25) is 4.79 Å². The number of aliphatic imine (C=N–C) groups is 1. The summed E-state index contributed by atoms with van der Waals surface area (Å²) in [5, 5.41) is 13.9. The number of rotatable bonds is 6. The van der Waals surface area contributed by atoms with E-state index < -0.39 is 5.60 Å². The molecule has 2 aromatic heterocycles. The second-order valence-corrected chi connectivity index (χ2v) is 8.98. The van der Waals surface area contributed by atoms with Gasteiger partial charge in [-0.2, -0.15) is 0 Å². The minimum absolute atomic E-state index is 0.0265. The molecule has 9 nitrogen and oxygen atoms in total. The third kappa shape index (κ3) is 4.91. The minimum Gasteiger partial charge on any atom is -0.490 e. The third-order valence-electron chi connectivity index (χ3n) is 6.36. The number of aryl methyl sites for hydroxylation is 1. The summed E-state index contributed by atoms with van der Waals surface area (Å²) in [6.45, 7) is 8.46. The van der Waals surface area contributed by atoms with Gasteiger partial charge >= 0.3 is 0 Å². The van der Waals surface area contributed by atoms with E-state index in [1.807, 2.05) is 29.9 Å². The summed E-state index contributed by atoms with van der Waals surface area (Å²) < 4.78 is 19.6. The number of hydrogen-bond acceptors (Lipinski definition) is 7. The molecule has 1 saturated carbocycles. The predicted molar refractivity (Wildman–Crippen MR) is 129 cm³/mol. The Labute approximate surface area is 198 Å². The standard InChI is InChI=1S/C25H32N4O5/c1-15-21(13-29(4)23(15)12-26-16(2)27-17(3)30)22-10-20(34-19-8-18(31)9-19)11-24(28-22)25(32-5)6-7-33-14-25/h10-13,18-19,31H,1,6-9,14H2,2-5H3,(H,26,27,30)/b23-12+/t18?,19?,25-/m0/s1. The monoisotopic (exact) mass is 468 g/mol. The topological polar surface area (TPSA) is 107 Å². The summed E-state index contributed by atoms with van der Waals surface area (Å²) in [6, 6.07) is 3.80. The highest BCUT2D eigenvalue weighted by Crippen LogP contribution is 2.37. The number of carbonyl (C=O) groups is 1. The molecule has 2 aliphatic rings. The van der Waals surface area contributed by atoms with E-state index in [1.54, 1.807) is 20.2 Å². The Morgan fingerprint density at radius 3 is 2.79 bits per heavy atom. The fraction of sp³-hybridized carbons (Fsp3) is 0.480. The first-order valence-corrected chi connectivity index (χ1v) is 11.4. The van der Waals surface area contributed by atoms with Crippen molar-refractivity contribution in [1.29, 1.82) is 0 Å². The van der Waals surface area contributed by atoms with Crippen LogP contribution in [0.15, 0.2) is 23.3 Å². The van der Waals surface area contributed by atoms with Crippen LogP contribution in [0.25, 0.3) is 24.0 Å². The van der Waals surface area contributed by atoms with Crippen LogP contribution in [0.1, 0.15) is 38.8 Å². The van der Waals surface area contributed by atoms with E-state index >= 15 is 0 Å². The van der Waals surface area contributed by atoms with Gasteiger partial charge in [-0.25, -0.2) is 9.98 Å². The summed E-state index contributed by atoms with van der Waals surface area (Å²) in [4.78, 5) is 20.6. The summed E-state index contributed by atoms with van der Waals surface area (Å²) >= 11 is 0. The van der Waals surface area contributed by atoms with Gasteiger partial charge in [0, 0.05) is 76.1 Å². The van der Waals surface area contributed by atoms with Crippen LogP contribution in [-0.2, 0) is 26.9 Å². The Balaban J connectivity index is 1.77. The predicted octanol–water partition coefficient (Wildman–Crippen LogP) is 0.954. The van der Waals surface area contributed by atoms with Crippen molar-refractivity contribution in [1.82, 2.24) is 14.9 Å². The molecular formula is C25H32N4O5. The highest BCUT2D eigenvalue weighted by atomic mass is 16.5. The number of aromatic nitrogens is 2. The lowest BCUT2D eigenvalue weighted by molar-refractivity contribution is -0.117. The Bertz CT molecular complexity index is 1210. The second kappa shape index (κ2) is 9.69. The quantitative estimate of drug-likeness (QED) is 0.483. The van der Waals surface area contributed by atoms with E-state index in [-0.39, 0.29) is 18.1 Å². The number of nitrogens with zero attached hydrogens (tertiary/aromatic N) is 3. The maximum atomic E-state index is 11.3. The average molecular weight is 469 g/mol. The molecule has 2 aromatic rings. The van der Waals surface area contributed by atoms with Crippen LogP contribution in [-0.4, -0.2) is 58.9 Å². The molecule has 1 saturated heterocycles. The van der Waals surface area contributed by atoms with Gasteiger partial charge in [-0.1, -0.05) is 6.58 Å². The first kappa shape index (κ1) is 24.1. The molecule has 0 spiro atoms. The van der Waals surface area contributed by atoms with E-state index in [4.69, 9.17) is 19.2 Å². The molecule has 182 valence electrons. The number of pyridine rings is 1. The lowest BCUT2D eigenvalue weighted by Crippen LogP contribution is -2.37. The molecule has 1 aliphatic heterocycles. The molecule has 0 unspecified atom stereocenters. The van der Waals surface area contributed by atoms with Crippen LogP contribution < -0.4 is 20.6 Å². The maximum Gasteiger partial charge on any atom is 0.222 e. The number of amidine groups is 1. The minimum atomic E-state index is -0.641. The number of hydrogen-bond donors (Lipinski definition) is 2. The van der Waals surface area contributed by atoms with E-state index in [1.165, 1.54) is 6.92 Å². The van der Waals surface area contributed by atoms with Crippen LogP contribution in [0.2, 0.25) is 0 Å². The fourth-order valence-corrected chi connectivity index (χ4v) is 4.31. The number of carbonyl (C=O) groups excluding carboxylic acids is 1. The van der Waals surface area contributed by atoms with Gasteiger partial charge in [0.1, 0.15) is 23.3 Å². The Hall–Kier alpha value is -3.01. The fourth-order valence-electron chi connectivity index (χ4n) is 4.31. The van der Waals surface area contributed by atoms with E-state index in [2.05, 4.69) is 16.9 Å². The van der Waals surface area contributed by atoms with E-state index in [0.29, 0.717) is 49.8 Å². The number of nitrogens with one attached hydrogen (secondary N) is 1. The summed E-state index contributed by atoms with van der Waals surface area (Å²) in [5.74, 6) is 0.998. The van der Waals surface area contributed by atoms with Crippen LogP contribution in [0, 0.1) is 0 Å². The van der Waals surface area contributed by atoms with Crippen molar-refractivity contribution in [3.05, 3.63) is 34.6 Å². The SMILES string of the molecule is C=c1c(-c2cc(OC3CC(O)C3)cc([C@]3(OC)CCOC3)n2)cn(C)/c1=C/N=C(C)NC(C)=O. The van der Waals surface area contributed by atoms with Crippen molar-refractivity contribution in [2.24, 2.45) is 12.0 Å². The highest BCUT2D eigenvalue weighted by molar-refractivity contribution is 5.96. The number of amides is 1. The molecule has 9 heteroatoms. The number of ether oxygens (including phenoxy) is 3. The second-order valence-electron chi connectivity index (χ2n) is 8.98. The maximum absolute atomic E-state index is 11.3. The van der Waals surface area contributed by atoms with Crippen molar-refractivity contribution < 1.29 is 24.1 Å². The molecule has 0 radical (unpaired) electrons. The van der Waals surface area contributed by atoms with Gasteiger partial charge in [0.2, 0.25) is 5.91 Å². The Morgan fingerprint density at radius 1 is 1.41 bits per heavy atom. The zero-order valence-corrected chi connectivity index (χ0v) is 20.1. The molecule has 4 rings (SSSR count). The van der Waals surface area contributed by atoms with Gasteiger partial charge in [0.05, 0.1) is 35.6 Å². The van der Waals surface area contributed by atoms with Crippen LogP contribution in [0.4, 0.5) is 0 Å². The number of methoxy groups -OCH3 is 1. The molecule has 3 heterocycles. The molecule has 2 N–H and O–H groups in total. The largest absolute Gasteiger partial charge is 0.490 e. The van der Waals surface area contributed by atoms with Gasteiger partial charge in [0.25, 0.3) is 0 Å². The zero-order valence-electron chi connectivity index (χ0n) is 20.1. The first-order valence-electron chi connectivity index (χ1n) is 11.4. The number of aliphatic hydroxyl groups is 1. The summed E-state index contributed by atoms with van der Waals surface area (Å²) in [7, 11) is 3.58. The molecule has 0 aromatic carbocycles. The van der Waals surface area contributed by atoms with E-state index in [0.717, 1.165) is 21.8 Å². The van der Waals surface area contributed by atoms with Crippen molar-refractivity contribution in [3.63, 3.8) is 0 Å². The Kier molecular flexibility index (Phi) is 6.88. The molecule has 0 bridgehead atoms. The van der Waals surface area contributed by atoms with Crippen molar-refractivity contribution in [3.8, 4) is 17.0 Å². The van der Waals surface area contributed by atoms with Crippen LogP contribution in [0.5, 0.6) is 5.75 Å². The normalized spacial score (nSPS) is 25.3. The third-order valence-corrected chi connectivity index (χ3v) is 6.36. The molecule has 2 fully saturated rings. The number of aliphatic hydroxyl groups excluding tert-OH is 1. The van der Waals surface area contributed by atoms with Crippen molar-refractivity contribution in [2.45, 2.75) is 50.9 Å². The summed E-state index contributed by atoms with van der Waals surface area (Å²) in [6.07, 6.45) is 5.22. The van der Waals surface area contributed by atoms with Gasteiger partial charge in [-0.05, 0) is 6.92 Å². The van der Waals surface area contributed by atoms with Gasteiger partial charge < -0.3 is 29.2 Å².